The molecular weight excluding hydrogens is 291 g/mol. The highest BCUT2D eigenvalue weighted by atomic mass is 79.9. The molecule has 1 aromatic rings. The molecule has 1 atom stereocenters. The first-order chi connectivity index (χ1) is 7.27. The van der Waals surface area contributed by atoms with E-state index in [9.17, 15) is 0 Å². The summed E-state index contributed by atoms with van der Waals surface area (Å²) in [7, 11) is 1.63. The number of aromatic nitrogens is 2. The van der Waals surface area contributed by atoms with Gasteiger partial charge >= 0.3 is 0 Å². The van der Waals surface area contributed by atoms with Crippen LogP contribution in [0.2, 0.25) is 5.15 Å². The Balaban J connectivity index is 3.33. The lowest BCUT2D eigenvalue weighted by Gasteiger charge is -2.21. The molecule has 0 aliphatic heterocycles. The Morgan fingerprint density at radius 1 is 1.31 bits per heavy atom. The largest absolute Gasteiger partial charge is 0.374 e. The molecule has 3 nitrogen and oxygen atoms in total. The summed E-state index contributed by atoms with van der Waals surface area (Å²) in [5.41, 5.74) is 0.805. The van der Waals surface area contributed by atoms with Gasteiger partial charge in [-0.3, -0.25) is 0 Å². The fourth-order valence-electron chi connectivity index (χ4n) is 1.22. The third-order valence-electron chi connectivity index (χ3n) is 2.26. The zero-order valence-electron chi connectivity index (χ0n) is 10.1. The van der Waals surface area contributed by atoms with Crippen molar-refractivity contribution in [2.75, 3.05) is 7.11 Å². The Bertz CT molecular complexity index is 390. The second kappa shape index (κ2) is 4.98. The zero-order chi connectivity index (χ0) is 12.5. The van der Waals surface area contributed by atoms with Crippen LogP contribution >= 0.6 is 27.5 Å². The fourth-order valence-corrected chi connectivity index (χ4v) is 2.17. The quantitative estimate of drug-likeness (QED) is 0.777. The molecule has 0 bridgehead atoms. The second-order valence-electron chi connectivity index (χ2n) is 4.66. The van der Waals surface area contributed by atoms with E-state index in [4.69, 9.17) is 16.3 Å². The van der Waals surface area contributed by atoms with Gasteiger partial charge in [-0.25, -0.2) is 9.97 Å². The van der Waals surface area contributed by atoms with Crippen molar-refractivity contribution in [1.29, 1.82) is 0 Å². The van der Waals surface area contributed by atoms with Crippen molar-refractivity contribution >= 4 is 27.5 Å². The van der Waals surface area contributed by atoms with E-state index in [1.165, 1.54) is 0 Å². The molecule has 1 aromatic heterocycles. The Hall–Kier alpha value is -0.190. The van der Waals surface area contributed by atoms with Crippen LogP contribution in [0.5, 0.6) is 0 Å². The van der Waals surface area contributed by atoms with E-state index in [-0.39, 0.29) is 11.5 Å². The van der Waals surface area contributed by atoms with Gasteiger partial charge in [0.25, 0.3) is 0 Å². The summed E-state index contributed by atoms with van der Waals surface area (Å²) in [5.74, 6) is 0.612. The van der Waals surface area contributed by atoms with Gasteiger partial charge in [-0.05, 0) is 22.9 Å². The van der Waals surface area contributed by atoms with E-state index in [1.54, 1.807) is 7.11 Å². The number of nitrogens with zero attached hydrogens (tertiary/aromatic N) is 2. The van der Waals surface area contributed by atoms with Crippen molar-refractivity contribution in [3.8, 4) is 0 Å². The average molecular weight is 308 g/mol. The van der Waals surface area contributed by atoms with Crippen LogP contribution in [-0.2, 0) is 10.2 Å². The first-order valence-electron chi connectivity index (χ1n) is 5.03. The van der Waals surface area contributed by atoms with Crippen LogP contribution in [0.25, 0.3) is 0 Å². The lowest BCUT2D eigenvalue weighted by molar-refractivity contribution is 0.111. The van der Waals surface area contributed by atoms with Gasteiger partial charge in [-0.15, -0.1) is 0 Å². The van der Waals surface area contributed by atoms with Crippen molar-refractivity contribution in [2.24, 2.45) is 0 Å². The van der Waals surface area contributed by atoms with Crippen LogP contribution in [0, 0.1) is 0 Å². The molecule has 0 spiro atoms. The number of methoxy groups -OCH3 is 1. The topological polar surface area (TPSA) is 35.0 Å². The van der Waals surface area contributed by atoms with E-state index in [0.717, 1.165) is 10.2 Å². The van der Waals surface area contributed by atoms with Gasteiger partial charge in [-0.1, -0.05) is 32.4 Å². The highest BCUT2D eigenvalue weighted by molar-refractivity contribution is 9.10. The van der Waals surface area contributed by atoms with Crippen LogP contribution in [0.15, 0.2) is 4.47 Å². The summed E-state index contributed by atoms with van der Waals surface area (Å²) in [5, 5.41) is 0.429. The molecule has 90 valence electrons. The van der Waals surface area contributed by atoms with Crippen molar-refractivity contribution < 1.29 is 4.74 Å². The molecule has 0 saturated heterocycles. The number of halogens is 2. The summed E-state index contributed by atoms with van der Waals surface area (Å²) in [6, 6.07) is 0. The third kappa shape index (κ3) is 2.93. The number of hydrogen-bond donors (Lipinski definition) is 0. The normalized spacial score (nSPS) is 13.9. The zero-order valence-corrected chi connectivity index (χ0v) is 12.5. The number of hydrogen-bond acceptors (Lipinski definition) is 3. The van der Waals surface area contributed by atoms with Crippen LogP contribution in [0.3, 0.4) is 0 Å². The predicted molar refractivity (Wildman–Crippen MR) is 68.9 cm³/mol. The standard InChI is InChI=1S/C11H16BrClN2O/c1-6(16-5)10-14-8(11(2,3)4)7(12)9(13)15-10/h6H,1-5H3. The average Bonchev–Trinajstić information content (AvgIpc) is 2.18. The smallest absolute Gasteiger partial charge is 0.158 e. The molecule has 0 radical (unpaired) electrons. The van der Waals surface area contributed by atoms with E-state index < -0.39 is 0 Å². The minimum Gasteiger partial charge on any atom is -0.374 e. The molecular formula is C11H16BrClN2O. The molecule has 16 heavy (non-hydrogen) atoms. The van der Waals surface area contributed by atoms with E-state index in [1.807, 2.05) is 6.92 Å². The van der Waals surface area contributed by atoms with Crippen molar-refractivity contribution in [3.63, 3.8) is 0 Å². The summed E-state index contributed by atoms with van der Waals surface area (Å²) in [4.78, 5) is 8.71. The predicted octanol–water partition coefficient (Wildman–Crippen LogP) is 3.90. The van der Waals surface area contributed by atoms with Crippen molar-refractivity contribution in [3.05, 3.63) is 21.1 Å². The fraction of sp³-hybridized carbons (Fsp3) is 0.636. The minimum absolute atomic E-state index is 0.0897. The van der Waals surface area contributed by atoms with E-state index in [0.29, 0.717) is 11.0 Å². The molecule has 0 aliphatic rings. The number of ether oxygens (including phenoxy) is 1. The Labute approximate surface area is 110 Å². The Morgan fingerprint density at radius 3 is 2.31 bits per heavy atom. The summed E-state index contributed by atoms with van der Waals surface area (Å²) < 4.78 is 5.96. The molecule has 0 saturated carbocycles. The first kappa shape index (κ1) is 13.9. The van der Waals surface area contributed by atoms with Gasteiger partial charge in [0, 0.05) is 12.5 Å². The van der Waals surface area contributed by atoms with Gasteiger partial charge in [0.15, 0.2) is 5.82 Å². The van der Waals surface area contributed by atoms with Crippen LogP contribution in [-0.4, -0.2) is 17.1 Å². The summed E-state index contributed by atoms with van der Waals surface area (Å²) in [6.45, 7) is 8.14. The molecule has 0 aromatic carbocycles. The second-order valence-corrected chi connectivity index (χ2v) is 5.81. The Kier molecular flexibility index (Phi) is 4.32. The Morgan fingerprint density at radius 2 is 1.88 bits per heavy atom. The van der Waals surface area contributed by atoms with E-state index >= 15 is 0 Å². The SMILES string of the molecule is COC(C)c1nc(Cl)c(Br)c(C(C)(C)C)n1. The lowest BCUT2D eigenvalue weighted by atomic mass is 9.92. The van der Waals surface area contributed by atoms with Crippen molar-refractivity contribution in [2.45, 2.75) is 39.2 Å². The molecule has 1 unspecified atom stereocenters. The maximum Gasteiger partial charge on any atom is 0.158 e. The highest BCUT2D eigenvalue weighted by Crippen LogP contribution is 2.33. The maximum absolute atomic E-state index is 6.07. The van der Waals surface area contributed by atoms with Gasteiger partial charge in [-0.2, -0.15) is 0 Å². The first-order valence-corrected chi connectivity index (χ1v) is 6.20. The highest BCUT2D eigenvalue weighted by Gasteiger charge is 2.23. The van der Waals surface area contributed by atoms with Crippen LogP contribution in [0.1, 0.15) is 45.3 Å². The van der Waals surface area contributed by atoms with E-state index in [2.05, 4.69) is 46.7 Å². The molecule has 1 heterocycles. The molecule has 5 heteroatoms. The molecule has 0 fully saturated rings. The summed E-state index contributed by atoms with van der Waals surface area (Å²) in [6.07, 6.45) is -0.160. The van der Waals surface area contributed by atoms with Gasteiger partial charge in [0.2, 0.25) is 0 Å². The van der Waals surface area contributed by atoms with Crippen molar-refractivity contribution in [1.82, 2.24) is 9.97 Å². The molecule has 0 N–H and O–H groups in total. The molecule has 0 amide bonds. The maximum atomic E-state index is 6.07. The summed E-state index contributed by atoms with van der Waals surface area (Å²) >= 11 is 9.50. The number of rotatable bonds is 2. The third-order valence-corrected chi connectivity index (χ3v) is 3.51. The van der Waals surface area contributed by atoms with Crippen LogP contribution < -0.4 is 0 Å². The van der Waals surface area contributed by atoms with Gasteiger partial charge in [0.1, 0.15) is 11.3 Å². The minimum atomic E-state index is -0.160. The van der Waals surface area contributed by atoms with Gasteiger partial charge < -0.3 is 4.74 Å². The lowest BCUT2D eigenvalue weighted by Crippen LogP contribution is -2.18. The molecule has 1 rings (SSSR count). The van der Waals surface area contributed by atoms with Crippen LogP contribution in [0.4, 0.5) is 0 Å². The monoisotopic (exact) mass is 306 g/mol. The van der Waals surface area contributed by atoms with Gasteiger partial charge in [0.05, 0.1) is 10.2 Å². The molecule has 0 aliphatic carbocycles.